The Hall–Kier alpha value is -2.61. The van der Waals surface area contributed by atoms with Gasteiger partial charge in [0.2, 0.25) is 0 Å². The normalized spacial score (nSPS) is 11.9. The molecule has 0 saturated carbocycles. The Kier molecular flexibility index (Phi) is 7.60. The number of aliphatic carboxylic acids is 1. The minimum absolute atomic E-state index is 0.179. The van der Waals surface area contributed by atoms with Gasteiger partial charge in [-0.1, -0.05) is 24.3 Å². The Morgan fingerprint density at radius 3 is 2.63 bits per heavy atom. The topological polar surface area (TPSA) is 75.6 Å². The zero-order chi connectivity index (χ0) is 19.8. The first-order valence-corrected chi connectivity index (χ1v) is 9.01. The molecule has 2 aromatic carbocycles. The molecule has 1 amide bonds. The lowest BCUT2D eigenvalue weighted by Gasteiger charge is -2.12. The smallest absolute Gasteiger partial charge is 0.316 e. The molecule has 0 aliphatic heterocycles. The summed E-state index contributed by atoms with van der Waals surface area (Å²) in [6.45, 7) is 1.03. The first-order chi connectivity index (χ1) is 12.9. The first-order valence-electron chi connectivity index (χ1n) is 8.13. The standard InChI is InChI=1S/C19H19F2NO4S/c1-12(19(24)25)27-16-8-3-2-7-15(16)18(23)22-10-13-5-4-6-14(9-13)26-11-17(20)21/h2-9,12,17H,10-11H2,1H3,(H,22,23)(H,24,25). The monoisotopic (exact) mass is 395 g/mol. The number of hydrogen-bond acceptors (Lipinski definition) is 4. The van der Waals surface area contributed by atoms with E-state index in [-0.39, 0.29) is 12.5 Å². The molecule has 0 radical (unpaired) electrons. The average Bonchev–Trinajstić information content (AvgIpc) is 2.65. The maximum Gasteiger partial charge on any atom is 0.316 e. The molecular formula is C19H19F2NO4S. The van der Waals surface area contributed by atoms with Crippen LogP contribution in [0.1, 0.15) is 22.8 Å². The number of carbonyl (C=O) groups excluding carboxylic acids is 1. The van der Waals surface area contributed by atoms with Gasteiger partial charge in [0.15, 0.2) is 0 Å². The zero-order valence-electron chi connectivity index (χ0n) is 14.5. The minimum atomic E-state index is -2.56. The van der Waals surface area contributed by atoms with Crippen LogP contribution < -0.4 is 10.1 Å². The van der Waals surface area contributed by atoms with Gasteiger partial charge in [0.25, 0.3) is 12.3 Å². The number of ether oxygens (including phenoxy) is 1. The molecule has 0 spiro atoms. The first kappa shape index (κ1) is 20.7. The van der Waals surface area contributed by atoms with Gasteiger partial charge in [-0.05, 0) is 36.8 Å². The molecule has 0 fully saturated rings. The lowest BCUT2D eigenvalue weighted by molar-refractivity contribution is -0.136. The predicted octanol–water partition coefficient (Wildman–Crippen LogP) is 3.83. The second kappa shape index (κ2) is 9.91. The highest BCUT2D eigenvalue weighted by atomic mass is 32.2. The van der Waals surface area contributed by atoms with E-state index in [2.05, 4.69) is 5.32 Å². The summed E-state index contributed by atoms with van der Waals surface area (Å²) in [5.41, 5.74) is 1.07. The molecule has 2 rings (SSSR count). The van der Waals surface area contributed by atoms with E-state index in [1.807, 2.05) is 0 Å². The van der Waals surface area contributed by atoms with Crippen molar-refractivity contribution in [2.45, 2.75) is 30.0 Å². The van der Waals surface area contributed by atoms with Crippen molar-refractivity contribution in [3.05, 3.63) is 59.7 Å². The fourth-order valence-electron chi connectivity index (χ4n) is 2.18. The largest absolute Gasteiger partial charge is 0.488 e. The summed E-state index contributed by atoms with van der Waals surface area (Å²) in [6.07, 6.45) is -2.56. The third kappa shape index (κ3) is 6.56. The van der Waals surface area contributed by atoms with Crippen LogP contribution in [0.3, 0.4) is 0 Å². The number of benzene rings is 2. The van der Waals surface area contributed by atoms with Crippen molar-refractivity contribution in [1.29, 1.82) is 0 Å². The van der Waals surface area contributed by atoms with Gasteiger partial charge in [0, 0.05) is 11.4 Å². The highest BCUT2D eigenvalue weighted by Crippen LogP contribution is 2.27. The van der Waals surface area contributed by atoms with Gasteiger partial charge in [-0.25, -0.2) is 8.78 Å². The van der Waals surface area contributed by atoms with Crippen LogP contribution in [0, 0.1) is 0 Å². The number of rotatable bonds is 9. The van der Waals surface area contributed by atoms with Crippen LogP contribution in [0.25, 0.3) is 0 Å². The molecule has 0 aliphatic carbocycles. The summed E-state index contributed by atoms with van der Waals surface area (Å²) >= 11 is 1.09. The molecular weight excluding hydrogens is 376 g/mol. The molecule has 0 heterocycles. The molecule has 8 heteroatoms. The SMILES string of the molecule is CC(Sc1ccccc1C(=O)NCc1cccc(OCC(F)F)c1)C(=O)O. The third-order valence-electron chi connectivity index (χ3n) is 3.51. The number of nitrogens with one attached hydrogen (secondary N) is 1. The van der Waals surface area contributed by atoms with E-state index in [9.17, 15) is 18.4 Å². The van der Waals surface area contributed by atoms with Gasteiger partial charge in [-0.15, -0.1) is 11.8 Å². The highest BCUT2D eigenvalue weighted by Gasteiger charge is 2.17. The van der Waals surface area contributed by atoms with Crippen molar-refractivity contribution >= 4 is 23.6 Å². The van der Waals surface area contributed by atoms with Crippen LogP contribution in [0.2, 0.25) is 0 Å². The number of halogens is 2. The Labute approximate surface area is 159 Å². The van der Waals surface area contributed by atoms with Crippen molar-refractivity contribution in [3.8, 4) is 5.75 Å². The summed E-state index contributed by atoms with van der Waals surface area (Å²) in [4.78, 5) is 24.1. The Morgan fingerprint density at radius 2 is 1.93 bits per heavy atom. The van der Waals surface area contributed by atoms with Crippen molar-refractivity contribution in [2.24, 2.45) is 0 Å². The molecule has 2 aromatic rings. The van der Waals surface area contributed by atoms with Gasteiger partial charge >= 0.3 is 5.97 Å². The summed E-state index contributed by atoms with van der Waals surface area (Å²) < 4.78 is 29.4. The van der Waals surface area contributed by atoms with Gasteiger partial charge in [-0.3, -0.25) is 9.59 Å². The van der Waals surface area contributed by atoms with E-state index in [1.54, 1.807) is 55.5 Å². The summed E-state index contributed by atoms with van der Waals surface area (Å²) in [5, 5.41) is 11.1. The van der Waals surface area contributed by atoms with Crippen molar-refractivity contribution < 1.29 is 28.2 Å². The van der Waals surface area contributed by atoms with Crippen LogP contribution in [0.5, 0.6) is 5.75 Å². The van der Waals surface area contributed by atoms with Crippen LogP contribution in [0.4, 0.5) is 8.78 Å². The van der Waals surface area contributed by atoms with E-state index >= 15 is 0 Å². The molecule has 1 unspecified atom stereocenters. The van der Waals surface area contributed by atoms with Crippen LogP contribution in [-0.4, -0.2) is 35.3 Å². The molecule has 0 saturated heterocycles. The van der Waals surface area contributed by atoms with E-state index in [1.165, 1.54) is 0 Å². The maximum atomic E-state index is 12.5. The predicted molar refractivity (Wildman–Crippen MR) is 98.5 cm³/mol. The molecule has 144 valence electrons. The number of carboxylic acid groups (broad SMARTS) is 1. The number of thioether (sulfide) groups is 1. The maximum absolute atomic E-state index is 12.5. The Morgan fingerprint density at radius 1 is 1.19 bits per heavy atom. The lowest BCUT2D eigenvalue weighted by Crippen LogP contribution is -2.24. The zero-order valence-corrected chi connectivity index (χ0v) is 15.3. The Balaban J connectivity index is 2.02. The molecule has 1 atom stereocenters. The number of alkyl halides is 2. The number of hydrogen-bond donors (Lipinski definition) is 2. The van der Waals surface area contributed by atoms with Gasteiger partial charge in [-0.2, -0.15) is 0 Å². The third-order valence-corrected chi connectivity index (χ3v) is 4.68. The number of carbonyl (C=O) groups is 2. The molecule has 27 heavy (non-hydrogen) atoms. The van der Waals surface area contributed by atoms with Crippen molar-refractivity contribution in [2.75, 3.05) is 6.61 Å². The number of amides is 1. The van der Waals surface area contributed by atoms with E-state index in [0.29, 0.717) is 21.8 Å². The fraction of sp³-hybridized carbons (Fsp3) is 0.263. The van der Waals surface area contributed by atoms with Crippen LogP contribution in [0.15, 0.2) is 53.4 Å². The second-order valence-corrected chi connectivity index (χ2v) is 7.01. The highest BCUT2D eigenvalue weighted by molar-refractivity contribution is 8.00. The summed E-state index contributed by atoms with van der Waals surface area (Å²) in [5.74, 6) is -1.02. The quantitative estimate of drug-likeness (QED) is 0.631. The van der Waals surface area contributed by atoms with E-state index < -0.39 is 24.3 Å². The molecule has 0 bridgehead atoms. The van der Waals surface area contributed by atoms with E-state index in [4.69, 9.17) is 9.84 Å². The molecule has 5 nitrogen and oxygen atoms in total. The lowest BCUT2D eigenvalue weighted by atomic mass is 10.2. The Bertz CT molecular complexity index is 801. The summed E-state index contributed by atoms with van der Waals surface area (Å²) in [6, 6.07) is 13.3. The van der Waals surface area contributed by atoms with Crippen LogP contribution in [-0.2, 0) is 11.3 Å². The molecule has 0 aromatic heterocycles. The van der Waals surface area contributed by atoms with Crippen LogP contribution >= 0.6 is 11.8 Å². The molecule has 0 aliphatic rings. The number of carboxylic acids is 1. The fourth-order valence-corrected chi connectivity index (χ4v) is 3.11. The van der Waals surface area contributed by atoms with Gasteiger partial charge in [0.05, 0.1) is 5.56 Å². The van der Waals surface area contributed by atoms with Gasteiger partial charge in [0.1, 0.15) is 17.6 Å². The summed E-state index contributed by atoms with van der Waals surface area (Å²) in [7, 11) is 0. The van der Waals surface area contributed by atoms with Crippen molar-refractivity contribution in [3.63, 3.8) is 0 Å². The molecule has 2 N–H and O–H groups in total. The average molecular weight is 395 g/mol. The minimum Gasteiger partial charge on any atom is -0.488 e. The van der Waals surface area contributed by atoms with Crippen molar-refractivity contribution in [1.82, 2.24) is 5.32 Å². The van der Waals surface area contributed by atoms with E-state index in [0.717, 1.165) is 11.8 Å². The van der Waals surface area contributed by atoms with Gasteiger partial charge < -0.3 is 15.2 Å². The second-order valence-electron chi connectivity index (χ2n) is 5.63.